The van der Waals surface area contributed by atoms with E-state index in [0.29, 0.717) is 17.8 Å². The van der Waals surface area contributed by atoms with Crippen molar-refractivity contribution in [3.05, 3.63) is 96.1 Å². The van der Waals surface area contributed by atoms with Crippen LogP contribution in [0.1, 0.15) is 35.7 Å². The summed E-state index contributed by atoms with van der Waals surface area (Å²) in [4.78, 5) is 12.4. The van der Waals surface area contributed by atoms with Gasteiger partial charge >= 0.3 is 0 Å². The van der Waals surface area contributed by atoms with E-state index < -0.39 is 10.0 Å². The summed E-state index contributed by atoms with van der Waals surface area (Å²) in [5.74, 6) is -0.119. The zero-order valence-corrected chi connectivity index (χ0v) is 17.8. The number of sulfonamides is 1. The van der Waals surface area contributed by atoms with Crippen molar-refractivity contribution >= 4 is 21.6 Å². The van der Waals surface area contributed by atoms with Gasteiger partial charge in [-0.25, -0.2) is 8.42 Å². The molecule has 0 aliphatic rings. The molecule has 6 heteroatoms. The van der Waals surface area contributed by atoms with Crippen LogP contribution in [0.2, 0.25) is 0 Å². The highest BCUT2D eigenvalue weighted by Gasteiger charge is 2.25. The van der Waals surface area contributed by atoms with Crippen LogP contribution in [0, 0.1) is 0 Å². The first kappa shape index (κ1) is 21.6. The molecule has 3 aromatic rings. The molecule has 1 N–H and O–H groups in total. The number of amides is 1. The fourth-order valence-corrected chi connectivity index (χ4v) is 4.51. The van der Waals surface area contributed by atoms with Crippen molar-refractivity contribution in [1.29, 1.82) is 0 Å². The minimum atomic E-state index is -3.74. The van der Waals surface area contributed by atoms with Gasteiger partial charge in [-0.15, -0.1) is 0 Å². The standard InChI is InChI=1S/C24H26N2O3S/c1-2-3-18-25-24(27)21-16-14-20(15-17-21)19-26(22-10-6-4-7-11-22)30(28,29)23-12-8-5-9-13-23/h4-17H,2-3,18-19H2,1H3,(H,25,27). The summed E-state index contributed by atoms with van der Waals surface area (Å²) in [6.07, 6.45) is 1.96. The molecular weight excluding hydrogens is 396 g/mol. The number of nitrogens with one attached hydrogen (secondary N) is 1. The Labute approximate surface area is 178 Å². The van der Waals surface area contributed by atoms with Crippen molar-refractivity contribution in [2.45, 2.75) is 31.2 Å². The molecule has 0 aliphatic carbocycles. The van der Waals surface area contributed by atoms with Crippen molar-refractivity contribution in [3.63, 3.8) is 0 Å². The third-order valence-corrected chi connectivity index (χ3v) is 6.52. The second-order valence-electron chi connectivity index (χ2n) is 6.97. The van der Waals surface area contributed by atoms with Crippen LogP contribution in [0.5, 0.6) is 0 Å². The van der Waals surface area contributed by atoms with Gasteiger partial charge in [0, 0.05) is 12.1 Å². The lowest BCUT2D eigenvalue weighted by atomic mass is 10.1. The molecule has 0 radical (unpaired) electrons. The van der Waals surface area contributed by atoms with Gasteiger partial charge < -0.3 is 5.32 Å². The monoisotopic (exact) mass is 422 g/mol. The molecule has 0 bridgehead atoms. The fraction of sp³-hybridized carbons (Fsp3) is 0.208. The molecule has 0 fully saturated rings. The topological polar surface area (TPSA) is 66.5 Å². The third-order valence-electron chi connectivity index (χ3n) is 4.73. The van der Waals surface area contributed by atoms with Gasteiger partial charge in [0.2, 0.25) is 0 Å². The van der Waals surface area contributed by atoms with E-state index >= 15 is 0 Å². The average Bonchev–Trinajstić information content (AvgIpc) is 2.79. The molecule has 0 spiro atoms. The molecule has 0 saturated carbocycles. The van der Waals surface area contributed by atoms with Gasteiger partial charge in [0.15, 0.2) is 0 Å². The van der Waals surface area contributed by atoms with E-state index in [-0.39, 0.29) is 17.3 Å². The van der Waals surface area contributed by atoms with Crippen LogP contribution in [0.15, 0.2) is 89.8 Å². The average molecular weight is 423 g/mol. The molecule has 30 heavy (non-hydrogen) atoms. The van der Waals surface area contributed by atoms with Crippen LogP contribution < -0.4 is 9.62 Å². The molecule has 0 atom stereocenters. The van der Waals surface area contributed by atoms with Gasteiger partial charge in [0.25, 0.3) is 15.9 Å². The minimum absolute atomic E-state index is 0.119. The molecule has 0 saturated heterocycles. The first-order chi connectivity index (χ1) is 14.5. The lowest BCUT2D eigenvalue weighted by molar-refractivity contribution is 0.0953. The maximum absolute atomic E-state index is 13.3. The van der Waals surface area contributed by atoms with E-state index in [9.17, 15) is 13.2 Å². The first-order valence-electron chi connectivity index (χ1n) is 10.0. The number of unbranched alkanes of at least 4 members (excludes halogenated alkanes) is 1. The SMILES string of the molecule is CCCCNC(=O)c1ccc(CN(c2ccccc2)S(=O)(=O)c2ccccc2)cc1. The van der Waals surface area contributed by atoms with Gasteiger partial charge in [-0.05, 0) is 48.4 Å². The number of hydrogen-bond acceptors (Lipinski definition) is 3. The Hall–Kier alpha value is -3.12. The smallest absolute Gasteiger partial charge is 0.264 e. The fourth-order valence-electron chi connectivity index (χ4n) is 3.04. The highest BCUT2D eigenvalue weighted by molar-refractivity contribution is 7.92. The van der Waals surface area contributed by atoms with Crippen LogP contribution in [-0.4, -0.2) is 20.9 Å². The number of benzene rings is 3. The van der Waals surface area contributed by atoms with E-state index in [4.69, 9.17) is 0 Å². The van der Waals surface area contributed by atoms with Crippen LogP contribution in [-0.2, 0) is 16.6 Å². The minimum Gasteiger partial charge on any atom is -0.352 e. The summed E-state index contributed by atoms with van der Waals surface area (Å²) in [5, 5.41) is 2.89. The van der Waals surface area contributed by atoms with E-state index in [2.05, 4.69) is 12.2 Å². The number of para-hydroxylation sites is 1. The van der Waals surface area contributed by atoms with Gasteiger partial charge in [-0.2, -0.15) is 0 Å². The van der Waals surface area contributed by atoms with Crippen molar-refractivity contribution < 1.29 is 13.2 Å². The van der Waals surface area contributed by atoms with Crippen LogP contribution in [0.3, 0.4) is 0 Å². The van der Waals surface area contributed by atoms with Gasteiger partial charge in [-0.3, -0.25) is 9.10 Å². The molecule has 0 unspecified atom stereocenters. The Morgan fingerprint density at radius 3 is 2.07 bits per heavy atom. The molecule has 0 aliphatic heterocycles. The van der Waals surface area contributed by atoms with Crippen LogP contribution in [0.4, 0.5) is 5.69 Å². The van der Waals surface area contributed by atoms with Crippen LogP contribution >= 0.6 is 0 Å². The predicted octanol–water partition coefficient (Wildman–Crippen LogP) is 4.61. The van der Waals surface area contributed by atoms with E-state index in [0.717, 1.165) is 18.4 Å². The zero-order chi connectivity index (χ0) is 21.4. The van der Waals surface area contributed by atoms with Crippen molar-refractivity contribution in [3.8, 4) is 0 Å². The normalized spacial score (nSPS) is 11.1. The maximum Gasteiger partial charge on any atom is 0.264 e. The molecular formula is C24H26N2O3S. The number of carbonyl (C=O) groups excluding carboxylic acids is 1. The number of anilines is 1. The largest absolute Gasteiger partial charge is 0.352 e. The lowest BCUT2D eigenvalue weighted by Crippen LogP contribution is -2.30. The van der Waals surface area contributed by atoms with E-state index in [1.54, 1.807) is 66.7 Å². The van der Waals surface area contributed by atoms with Gasteiger partial charge in [0.05, 0.1) is 17.1 Å². The van der Waals surface area contributed by atoms with Gasteiger partial charge in [0.1, 0.15) is 0 Å². The molecule has 5 nitrogen and oxygen atoms in total. The number of rotatable bonds is 9. The zero-order valence-electron chi connectivity index (χ0n) is 17.0. The number of carbonyl (C=O) groups is 1. The summed E-state index contributed by atoms with van der Waals surface area (Å²) in [7, 11) is -3.74. The Kier molecular flexibility index (Phi) is 7.25. The molecule has 1 amide bonds. The Morgan fingerprint density at radius 2 is 1.47 bits per heavy atom. The summed E-state index contributed by atoms with van der Waals surface area (Å²) in [5.41, 5.74) is 1.94. The molecule has 0 heterocycles. The molecule has 3 aromatic carbocycles. The summed E-state index contributed by atoms with van der Waals surface area (Å²) in [6, 6.07) is 24.5. The Balaban J connectivity index is 1.85. The highest BCUT2D eigenvalue weighted by atomic mass is 32.2. The first-order valence-corrected chi connectivity index (χ1v) is 11.5. The lowest BCUT2D eigenvalue weighted by Gasteiger charge is -2.25. The van der Waals surface area contributed by atoms with Crippen molar-refractivity contribution in [2.75, 3.05) is 10.8 Å². The Morgan fingerprint density at radius 1 is 0.867 bits per heavy atom. The second-order valence-corrected chi connectivity index (χ2v) is 8.83. The number of nitrogens with zero attached hydrogens (tertiary/aromatic N) is 1. The molecule has 0 aromatic heterocycles. The maximum atomic E-state index is 13.3. The Bertz CT molecular complexity index is 1050. The van der Waals surface area contributed by atoms with Crippen molar-refractivity contribution in [2.24, 2.45) is 0 Å². The van der Waals surface area contributed by atoms with E-state index in [1.165, 1.54) is 4.31 Å². The quantitative estimate of drug-likeness (QED) is 0.512. The second kappa shape index (κ2) is 10.1. The molecule has 156 valence electrons. The number of hydrogen-bond donors (Lipinski definition) is 1. The summed E-state index contributed by atoms with van der Waals surface area (Å²) >= 11 is 0. The van der Waals surface area contributed by atoms with Gasteiger partial charge in [-0.1, -0.05) is 61.9 Å². The predicted molar refractivity (Wildman–Crippen MR) is 120 cm³/mol. The van der Waals surface area contributed by atoms with Crippen molar-refractivity contribution in [1.82, 2.24) is 5.32 Å². The summed E-state index contributed by atoms with van der Waals surface area (Å²) < 4.78 is 28.0. The van der Waals surface area contributed by atoms with Crippen LogP contribution in [0.25, 0.3) is 0 Å². The summed E-state index contributed by atoms with van der Waals surface area (Å²) in [6.45, 7) is 2.89. The third kappa shape index (κ3) is 5.27. The highest BCUT2D eigenvalue weighted by Crippen LogP contribution is 2.25. The van der Waals surface area contributed by atoms with E-state index in [1.807, 2.05) is 18.2 Å². The molecule has 3 rings (SSSR count).